The maximum absolute atomic E-state index is 5.48. The zero-order valence-electron chi connectivity index (χ0n) is 11.9. The van der Waals surface area contributed by atoms with E-state index in [1.807, 2.05) is 12.3 Å². The van der Waals surface area contributed by atoms with E-state index in [2.05, 4.69) is 40.4 Å². The summed E-state index contributed by atoms with van der Waals surface area (Å²) in [5, 5.41) is 9.20. The standard InChI is InChI=1S/C17H20N2O/c1-20-17-10-9-14-7-3-4-8-15(14)16(17)13-18-19-11-5-2-6-12-19/h3-4,7-10,13H,2,5-6,11-12H2,1H3/b18-13+. The van der Waals surface area contributed by atoms with Gasteiger partial charge in [0.1, 0.15) is 5.75 Å². The summed E-state index contributed by atoms with van der Waals surface area (Å²) in [5.41, 5.74) is 1.07. The summed E-state index contributed by atoms with van der Waals surface area (Å²) >= 11 is 0. The average Bonchev–Trinajstić information content (AvgIpc) is 2.53. The first-order valence-corrected chi connectivity index (χ1v) is 7.23. The molecule has 0 radical (unpaired) electrons. The largest absolute Gasteiger partial charge is 0.496 e. The van der Waals surface area contributed by atoms with Gasteiger partial charge in [-0.3, -0.25) is 5.01 Å². The lowest BCUT2D eigenvalue weighted by Crippen LogP contribution is -2.24. The molecule has 20 heavy (non-hydrogen) atoms. The number of hydrazone groups is 1. The van der Waals surface area contributed by atoms with Gasteiger partial charge in [0, 0.05) is 18.7 Å². The normalized spacial score (nSPS) is 15.9. The van der Waals surface area contributed by atoms with Gasteiger partial charge >= 0.3 is 0 Å². The average molecular weight is 268 g/mol. The molecule has 0 spiro atoms. The number of piperidine rings is 1. The third kappa shape index (κ3) is 2.62. The van der Waals surface area contributed by atoms with E-state index in [1.54, 1.807) is 7.11 Å². The number of benzene rings is 2. The minimum atomic E-state index is 0.879. The molecule has 2 aromatic rings. The molecular formula is C17H20N2O. The van der Waals surface area contributed by atoms with Crippen LogP contribution in [0.2, 0.25) is 0 Å². The highest BCUT2D eigenvalue weighted by Crippen LogP contribution is 2.26. The van der Waals surface area contributed by atoms with E-state index in [9.17, 15) is 0 Å². The molecule has 0 aromatic heterocycles. The van der Waals surface area contributed by atoms with Crippen molar-refractivity contribution in [2.75, 3.05) is 20.2 Å². The molecule has 0 unspecified atom stereocenters. The van der Waals surface area contributed by atoms with E-state index in [4.69, 9.17) is 4.74 Å². The Morgan fingerprint density at radius 3 is 2.65 bits per heavy atom. The minimum Gasteiger partial charge on any atom is -0.496 e. The van der Waals surface area contributed by atoms with E-state index >= 15 is 0 Å². The molecule has 2 aromatic carbocycles. The van der Waals surface area contributed by atoms with Crippen molar-refractivity contribution in [1.82, 2.24) is 5.01 Å². The summed E-state index contributed by atoms with van der Waals surface area (Å²) in [6.07, 6.45) is 5.75. The summed E-state index contributed by atoms with van der Waals surface area (Å²) in [4.78, 5) is 0. The Morgan fingerprint density at radius 1 is 1.05 bits per heavy atom. The SMILES string of the molecule is COc1ccc2ccccc2c1/C=N/N1CCCCC1. The van der Waals surface area contributed by atoms with Gasteiger partial charge in [-0.25, -0.2) is 0 Å². The van der Waals surface area contributed by atoms with E-state index in [0.29, 0.717) is 0 Å². The predicted molar refractivity (Wildman–Crippen MR) is 83.5 cm³/mol. The van der Waals surface area contributed by atoms with Gasteiger partial charge in [0.25, 0.3) is 0 Å². The first kappa shape index (κ1) is 13.0. The summed E-state index contributed by atoms with van der Waals surface area (Å²) in [5.74, 6) is 0.879. The van der Waals surface area contributed by atoms with Crippen LogP contribution in [0.25, 0.3) is 10.8 Å². The van der Waals surface area contributed by atoms with Crippen molar-refractivity contribution in [2.24, 2.45) is 5.10 Å². The molecule has 3 heteroatoms. The van der Waals surface area contributed by atoms with Gasteiger partial charge in [-0.1, -0.05) is 30.3 Å². The molecule has 1 fully saturated rings. The molecule has 0 atom stereocenters. The number of rotatable bonds is 3. The molecule has 0 saturated carbocycles. The van der Waals surface area contributed by atoms with Crippen LogP contribution >= 0.6 is 0 Å². The summed E-state index contributed by atoms with van der Waals surface area (Å²) in [6, 6.07) is 12.5. The smallest absolute Gasteiger partial charge is 0.128 e. The van der Waals surface area contributed by atoms with Crippen molar-refractivity contribution >= 4 is 17.0 Å². The van der Waals surface area contributed by atoms with Crippen LogP contribution < -0.4 is 4.74 Å². The highest BCUT2D eigenvalue weighted by atomic mass is 16.5. The molecule has 104 valence electrons. The number of ether oxygens (including phenoxy) is 1. The van der Waals surface area contributed by atoms with E-state index in [-0.39, 0.29) is 0 Å². The lowest BCUT2D eigenvalue weighted by Gasteiger charge is -2.23. The first-order chi connectivity index (χ1) is 9.88. The highest BCUT2D eigenvalue weighted by Gasteiger charge is 2.09. The Labute approximate surface area is 119 Å². The van der Waals surface area contributed by atoms with Gasteiger partial charge < -0.3 is 4.74 Å². The maximum atomic E-state index is 5.48. The number of hydrogen-bond donors (Lipinski definition) is 0. The lowest BCUT2D eigenvalue weighted by atomic mass is 10.0. The Morgan fingerprint density at radius 2 is 1.85 bits per heavy atom. The van der Waals surface area contributed by atoms with Crippen molar-refractivity contribution in [1.29, 1.82) is 0 Å². The second-order valence-electron chi connectivity index (χ2n) is 5.16. The Balaban J connectivity index is 1.97. The van der Waals surface area contributed by atoms with Crippen molar-refractivity contribution in [3.63, 3.8) is 0 Å². The second kappa shape index (κ2) is 5.95. The third-order valence-corrected chi connectivity index (χ3v) is 3.83. The molecule has 1 saturated heterocycles. The van der Waals surface area contributed by atoms with Crippen molar-refractivity contribution in [3.05, 3.63) is 42.0 Å². The summed E-state index contributed by atoms with van der Waals surface area (Å²) in [6.45, 7) is 2.12. The van der Waals surface area contributed by atoms with Crippen LogP contribution in [0.1, 0.15) is 24.8 Å². The number of fused-ring (bicyclic) bond motifs is 1. The fraction of sp³-hybridized carbons (Fsp3) is 0.353. The predicted octanol–water partition coefficient (Wildman–Crippen LogP) is 3.67. The van der Waals surface area contributed by atoms with Crippen LogP contribution in [0.15, 0.2) is 41.5 Å². The zero-order valence-corrected chi connectivity index (χ0v) is 11.9. The fourth-order valence-electron chi connectivity index (χ4n) is 2.72. The topological polar surface area (TPSA) is 24.8 Å². The first-order valence-electron chi connectivity index (χ1n) is 7.23. The summed E-state index contributed by atoms with van der Waals surface area (Å²) in [7, 11) is 1.71. The van der Waals surface area contributed by atoms with Gasteiger partial charge in [-0.15, -0.1) is 0 Å². The molecule has 0 N–H and O–H groups in total. The molecule has 3 nitrogen and oxygen atoms in total. The van der Waals surface area contributed by atoms with Crippen LogP contribution in [0.5, 0.6) is 5.75 Å². The molecule has 1 aliphatic rings. The van der Waals surface area contributed by atoms with Gasteiger partial charge in [0.05, 0.1) is 13.3 Å². The van der Waals surface area contributed by atoms with Crippen LogP contribution in [-0.2, 0) is 0 Å². The van der Waals surface area contributed by atoms with E-state index < -0.39 is 0 Å². The zero-order chi connectivity index (χ0) is 13.8. The van der Waals surface area contributed by atoms with Crippen LogP contribution in [0.4, 0.5) is 0 Å². The van der Waals surface area contributed by atoms with Crippen molar-refractivity contribution < 1.29 is 4.74 Å². The van der Waals surface area contributed by atoms with E-state index in [1.165, 1.54) is 30.0 Å². The van der Waals surface area contributed by atoms with Gasteiger partial charge in [-0.2, -0.15) is 5.10 Å². The van der Waals surface area contributed by atoms with Crippen LogP contribution in [0.3, 0.4) is 0 Å². The third-order valence-electron chi connectivity index (χ3n) is 3.83. The number of nitrogens with zero attached hydrogens (tertiary/aromatic N) is 2. The molecular weight excluding hydrogens is 248 g/mol. The molecule has 0 aliphatic carbocycles. The summed E-state index contributed by atoms with van der Waals surface area (Å²) < 4.78 is 5.48. The molecule has 1 heterocycles. The lowest BCUT2D eigenvalue weighted by molar-refractivity contribution is 0.240. The molecule has 0 amide bonds. The maximum Gasteiger partial charge on any atom is 0.128 e. The Kier molecular flexibility index (Phi) is 3.86. The van der Waals surface area contributed by atoms with Crippen molar-refractivity contribution in [2.45, 2.75) is 19.3 Å². The van der Waals surface area contributed by atoms with Crippen LogP contribution in [-0.4, -0.2) is 31.4 Å². The Hall–Kier alpha value is -2.03. The number of hydrogen-bond acceptors (Lipinski definition) is 3. The molecule has 3 rings (SSSR count). The minimum absolute atomic E-state index is 0.879. The Bertz CT molecular complexity index is 615. The number of methoxy groups -OCH3 is 1. The van der Waals surface area contributed by atoms with Crippen LogP contribution in [0, 0.1) is 0 Å². The van der Waals surface area contributed by atoms with Gasteiger partial charge in [0.15, 0.2) is 0 Å². The fourth-order valence-corrected chi connectivity index (χ4v) is 2.72. The van der Waals surface area contributed by atoms with Gasteiger partial charge in [0.2, 0.25) is 0 Å². The second-order valence-corrected chi connectivity index (χ2v) is 5.16. The highest BCUT2D eigenvalue weighted by molar-refractivity contribution is 6.02. The molecule has 1 aliphatic heterocycles. The molecule has 0 bridgehead atoms. The quantitative estimate of drug-likeness (QED) is 0.793. The van der Waals surface area contributed by atoms with E-state index in [0.717, 1.165) is 24.4 Å². The van der Waals surface area contributed by atoms with Crippen molar-refractivity contribution in [3.8, 4) is 5.75 Å². The van der Waals surface area contributed by atoms with Gasteiger partial charge in [-0.05, 0) is 36.1 Å². The monoisotopic (exact) mass is 268 g/mol.